The molecule has 0 aromatic carbocycles. The first kappa shape index (κ1) is 20.9. The molecule has 0 heterocycles. The third kappa shape index (κ3) is 10.3. The Bertz CT molecular complexity index is 270. The molecule has 0 spiro atoms. The molecule has 0 amide bonds. The van der Waals surface area contributed by atoms with Gasteiger partial charge in [-0.1, -0.05) is 0 Å². The Morgan fingerprint density at radius 3 is 2.52 bits per heavy atom. The monoisotopic (exact) mass is 413 g/mol. The molecule has 1 fully saturated rings. The fraction of sp³-hybridized carbons (Fsp3) is 0.933. The summed E-state index contributed by atoms with van der Waals surface area (Å²) in [5.74, 6) is 0.908. The second kappa shape index (κ2) is 13.6. The highest BCUT2D eigenvalue weighted by molar-refractivity contribution is 14.0. The van der Waals surface area contributed by atoms with Gasteiger partial charge in [-0.2, -0.15) is 0 Å². The molecule has 3 N–H and O–H groups in total. The van der Waals surface area contributed by atoms with Crippen LogP contribution in [0.5, 0.6) is 0 Å². The minimum Gasteiger partial charge on any atom is -0.393 e. The molecule has 5 nitrogen and oxygen atoms in total. The number of aliphatic imine (C=N–C) groups is 1. The molecule has 6 heteroatoms. The average Bonchev–Trinajstić information content (AvgIpc) is 2.45. The highest BCUT2D eigenvalue weighted by Crippen LogP contribution is 2.18. The van der Waals surface area contributed by atoms with Gasteiger partial charge < -0.3 is 20.5 Å². The lowest BCUT2D eigenvalue weighted by Crippen LogP contribution is -2.45. The van der Waals surface area contributed by atoms with E-state index in [-0.39, 0.29) is 30.1 Å². The summed E-state index contributed by atoms with van der Waals surface area (Å²) in [6.45, 7) is 7.43. The fourth-order valence-corrected chi connectivity index (χ4v) is 2.38. The van der Waals surface area contributed by atoms with Crippen LogP contribution < -0.4 is 10.6 Å². The molecule has 1 rings (SSSR count). The van der Waals surface area contributed by atoms with Crippen molar-refractivity contribution in [3.63, 3.8) is 0 Å². The maximum absolute atomic E-state index is 9.52. The molecule has 0 aliphatic heterocycles. The van der Waals surface area contributed by atoms with Gasteiger partial charge in [0, 0.05) is 32.3 Å². The number of aliphatic hydroxyl groups excluding tert-OH is 1. The Kier molecular flexibility index (Phi) is 13.5. The number of nitrogens with zero attached hydrogens (tertiary/aromatic N) is 1. The van der Waals surface area contributed by atoms with Crippen LogP contribution in [0.2, 0.25) is 0 Å². The van der Waals surface area contributed by atoms with Gasteiger partial charge >= 0.3 is 0 Å². The summed E-state index contributed by atoms with van der Waals surface area (Å²) in [6, 6.07) is 0.444. The van der Waals surface area contributed by atoms with Gasteiger partial charge in [0.25, 0.3) is 0 Å². The number of ether oxygens (including phenoxy) is 1. The second-order valence-electron chi connectivity index (χ2n) is 5.31. The van der Waals surface area contributed by atoms with Crippen molar-refractivity contribution in [1.29, 1.82) is 0 Å². The number of unbranched alkanes of at least 4 members (excludes halogenated alkanes) is 1. The van der Waals surface area contributed by atoms with Crippen LogP contribution in [0.3, 0.4) is 0 Å². The standard InChI is InChI=1S/C15H31N3O2.HI/c1-3-16-15(17-11-5-6-12-20-4-2)18-13-7-9-14(19)10-8-13;/h13-14,19H,3-12H2,1-2H3,(H2,16,17,18);1H. The lowest BCUT2D eigenvalue weighted by atomic mass is 9.93. The fourth-order valence-electron chi connectivity index (χ4n) is 2.38. The van der Waals surface area contributed by atoms with Crippen molar-refractivity contribution in [3.8, 4) is 0 Å². The molecule has 1 saturated carbocycles. The maximum atomic E-state index is 9.52. The summed E-state index contributed by atoms with van der Waals surface area (Å²) < 4.78 is 5.32. The van der Waals surface area contributed by atoms with Gasteiger partial charge in [-0.15, -0.1) is 24.0 Å². The topological polar surface area (TPSA) is 65.9 Å². The molecule has 0 atom stereocenters. The van der Waals surface area contributed by atoms with E-state index >= 15 is 0 Å². The first-order chi connectivity index (χ1) is 9.76. The van der Waals surface area contributed by atoms with Gasteiger partial charge in [0.15, 0.2) is 5.96 Å². The van der Waals surface area contributed by atoms with Crippen LogP contribution in [0.15, 0.2) is 4.99 Å². The van der Waals surface area contributed by atoms with Crippen LogP contribution in [0, 0.1) is 0 Å². The van der Waals surface area contributed by atoms with Crippen LogP contribution in [0.4, 0.5) is 0 Å². The maximum Gasteiger partial charge on any atom is 0.191 e. The zero-order valence-corrected chi connectivity index (χ0v) is 15.8. The van der Waals surface area contributed by atoms with E-state index in [0.717, 1.165) is 70.8 Å². The van der Waals surface area contributed by atoms with Crippen molar-refractivity contribution < 1.29 is 9.84 Å². The number of rotatable bonds is 8. The summed E-state index contributed by atoms with van der Waals surface area (Å²) >= 11 is 0. The van der Waals surface area contributed by atoms with Crippen LogP contribution >= 0.6 is 24.0 Å². The minimum atomic E-state index is -0.105. The molecular weight excluding hydrogens is 381 g/mol. The smallest absolute Gasteiger partial charge is 0.191 e. The predicted octanol–water partition coefficient (Wildman–Crippen LogP) is 2.28. The van der Waals surface area contributed by atoms with Crippen LogP contribution in [0.1, 0.15) is 52.4 Å². The number of hydrogen-bond acceptors (Lipinski definition) is 3. The van der Waals surface area contributed by atoms with E-state index in [2.05, 4.69) is 22.5 Å². The summed E-state index contributed by atoms with van der Waals surface area (Å²) in [5.41, 5.74) is 0. The first-order valence-corrected chi connectivity index (χ1v) is 8.06. The van der Waals surface area contributed by atoms with Crippen LogP contribution in [-0.4, -0.2) is 49.5 Å². The average molecular weight is 413 g/mol. The summed E-state index contributed by atoms with van der Waals surface area (Å²) in [5, 5.41) is 16.3. The summed E-state index contributed by atoms with van der Waals surface area (Å²) in [6.07, 6.45) is 5.85. The molecule has 0 aromatic rings. The van der Waals surface area contributed by atoms with Gasteiger partial charge in [-0.25, -0.2) is 0 Å². The first-order valence-electron chi connectivity index (χ1n) is 8.06. The van der Waals surface area contributed by atoms with E-state index in [1.54, 1.807) is 0 Å². The highest BCUT2D eigenvalue weighted by atomic mass is 127. The number of nitrogens with one attached hydrogen (secondary N) is 2. The van der Waals surface area contributed by atoms with Crippen LogP contribution in [-0.2, 0) is 4.74 Å². The Morgan fingerprint density at radius 2 is 1.90 bits per heavy atom. The van der Waals surface area contributed by atoms with Crippen molar-refractivity contribution in [2.45, 2.75) is 64.5 Å². The highest BCUT2D eigenvalue weighted by Gasteiger charge is 2.19. The van der Waals surface area contributed by atoms with Gasteiger partial charge in [-0.3, -0.25) is 4.99 Å². The van der Waals surface area contributed by atoms with E-state index in [9.17, 15) is 5.11 Å². The number of halogens is 1. The Hall–Kier alpha value is -0.0800. The molecule has 0 unspecified atom stereocenters. The Balaban J connectivity index is 0.00000400. The molecule has 0 aromatic heterocycles. The SMILES string of the molecule is CCNC(=NCCCCOCC)NC1CCC(O)CC1.I. The Labute approximate surface area is 146 Å². The normalized spacial score (nSPS) is 22.5. The van der Waals surface area contributed by atoms with Gasteiger partial charge in [0.05, 0.1) is 6.10 Å². The lowest BCUT2D eigenvalue weighted by molar-refractivity contribution is 0.120. The molecule has 1 aliphatic carbocycles. The van der Waals surface area contributed by atoms with Crippen molar-refractivity contribution in [1.82, 2.24) is 10.6 Å². The number of hydrogen-bond donors (Lipinski definition) is 3. The van der Waals surface area contributed by atoms with E-state index in [1.165, 1.54) is 0 Å². The van der Waals surface area contributed by atoms with E-state index in [1.807, 2.05) is 6.92 Å². The molecule has 0 radical (unpaired) electrons. The largest absolute Gasteiger partial charge is 0.393 e. The molecule has 0 bridgehead atoms. The van der Waals surface area contributed by atoms with E-state index in [4.69, 9.17) is 4.74 Å². The zero-order valence-electron chi connectivity index (χ0n) is 13.4. The van der Waals surface area contributed by atoms with Gasteiger partial charge in [0.2, 0.25) is 0 Å². The second-order valence-corrected chi connectivity index (χ2v) is 5.31. The number of guanidine groups is 1. The van der Waals surface area contributed by atoms with Crippen LogP contribution in [0.25, 0.3) is 0 Å². The molecule has 126 valence electrons. The van der Waals surface area contributed by atoms with Crippen molar-refractivity contribution >= 4 is 29.9 Å². The molecule has 21 heavy (non-hydrogen) atoms. The quantitative estimate of drug-likeness (QED) is 0.247. The molecule has 1 aliphatic rings. The van der Waals surface area contributed by atoms with Crippen molar-refractivity contribution in [2.24, 2.45) is 4.99 Å². The van der Waals surface area contributed by atoms with Gasteiger partial charge in [-0.05, 0) is 52.4 Å². The minimum absolute atomic E-state index is 0. The van der Waals surface area contributed by atoms with E-state index < -0.39 is 0 Å². The summed E-state index contributed by atoms with van der Waals surface area (Å²) in [4.78, 5) is 4.60. The molecule has 0 saturated heterocycles. The third-order valence-corrected chi connectivity index (χ3v) is 3.55. The van der Waals surface area contributed by atoms with Crippen molar-refractivity contribution in [3.05, 3.63) is 0 Å². The molecular formula is C15H32IN3O2. The van der Waals surface area contributed by atoms with Gasteiger partial charge in [0.1, 0.15) is 0 Å². The van der Waals surface area contributed by atoms with Crippen molar-refractivity contribution in [2.75, 3.05) is 26.3 Å². The van der Waals surface area contributed by atoms with E-state index in [0.29, 0.717) is 6.04 Å². The zero-order chi connectivity index (χ0) is 14.6. The Morgan fingerprint density at radius 1 is 1.19 bits per heavy atom. The lowest BCUT2D eigenvalue weighted by Gasteiger charge is -2.27. The number of aliphatic hydroxyl groups is 1. The predicted molar refractivity (Wildman–Crippen MR) is 98.5 cm³/mol. The third-order valence-electron chi connectivity index (χ3n) is 3.55. The summed E-state index contributed by atoms with van der Waals surface area (Å²) in [7, 11) is 0.